The number of nitrogens with one attached hydrogen (secondary N) is 3. The van der Waals surface area contributed by atoms with Crippen LogP contribution in [0.5, 0.6) is 0 Å². The van der Waals surface area contributed by atoms with Crippen LogP contribution in [0.25, 0.3) is 44.3 Å². The maximum absolute atomic E-state index is 15.0. The number of H-pyrrole nitrogens is 2. The van der Waals surface area contributed by atoms with Crippen molar-refractivity contribution < 1.29 is 19.2 Å². The molecule has 2 fully saturated rings. The molecular weight excluding hydrogens is 841 g/mol. The molecule has 3 N–H and O–H groups in total. The summed E-state index contributed by atoms with van der Waals surface area (Å²) in [4.78, 5) is 66.1. The maximum atomic E-state index is 15.0. The molecular formula is C53H50N10O4. The molecule has 336 valence electrons. The van der Waals surface area contributed by atoms with Gasteiger partial charge in [0.25, 0.3) is 0 Å². The number of ether oxygens (including phenoxy) is 1. The van der Waals surface area contributed by atoms with Gasteiger partial charge in [-0.05, 0) is 129 Å². The fourth-order valence-electron chi connectivity index (χ4n) is 10.6. The van der Waals surface area contributed by atoms with Gasteiger partial charge in [0.15, 0.2) is 5.82 Å². The van der Waals surface area contributed by atoms with Gasteiger partial charge in [0.2, 0.25) is 11.8 Å². The molecule has 2 aliphatic heterocycles. The van der Waals surface area contributed by atoms with Crippen LogP contribution in [0.15, 0.2) is 122 Å². The summed E-state index contributed by atoms with van der Waals surface area (Å²) < 4.78 is 5.68. The predicted octanol–water partition coefficient (Wildman–Crippen LogP) is 10.5. The molecule has 0 bridgehead atoms. The number of fused-ring (bicyclic) bond motifs is 6. The van der Waals surface area contributed by atoms with Crippen molar-refractivity contribution in [3.8, 4) is 22.3 Å². The van der Waals surface area contributed by atoms with E-state index in [1.165, 1.54) is 0 Å². The van der Waals surface area contributed by atoms with Crippen LogP contribution >= 0.6 is 0 Å². The van der Waals surface area contributed by atoms with E-state index in [0.717, 1.165) is 110 Å². The SMILES string of the molecule is CO[C@H]1CC[C@H](C(=O)N2Cc3cccnc3N(O[C@H]3CC[C@H](C(=O)N4Cc5cccnc5Nc5ccc(-c6ccnc7[nH]ccc67)cc54)CC3)c3ccc(-c4cnc5cc[nH]c5c4)cc32)CC1. The Morgan fingerprint density at radius 1 is 0.627 bits per heavy atom. The normalized spacial score (nSPS) is 20.3. The molecule has 0 spiro atoms. The van der Waals surface area contributed by atoms with Crippen LogP contribution < -0.4 is 20.2 Å². The van der Waals surface area contributed by atoms with Crippen molar-refractivity contribution in [2.75, 3.05) is 27.3 Å². The molecule has 14 heteroatoms. The number of methoxy groups -OCH3 is 1. The summed E-state index contributed by atoms with van der Waals surface area (Å²) in [6.45, 7) is 0.742. The minimum absolute atomic E-state index is 0.0808. The molecule has 12 rings (SSSR count). The minimum Gasteiger partial charge on any atom is -0.381 e. The Bertz CT molecular complexity index is 3170. The number of carbonyl (C=O) groups is 2. The zero-order chi connectivity index (χ0) is 45.0. The molecule has 2 amide bonds. The Kier molecular flexibility index (Phi) is 10.5. The molecule has 2 saturated carbocycles. The van der Waals surface area contributed by atoms with Crippen molar-refractivity contribution in [3.63, 3.8) is 0 Å². The smallest absolute Gasteiger partial charge is 0.230 e. The van der Waals surface area contributed by atoms with Gasteiger partial charge < -0.3 is 29.8 Å². The average molecular weight is 891 g/mol. The van der Waals surface area contributed by atoms with Gasteiger partial charge in [-0.25, -0.2) is 20.0 Å². The van der Waals surface area contributed by atoms with Crippen LogP contribution in [0, 0.1) is 11.8 Å². The van der Waals surface area contributed by atoms with Gasteiger partial charge in [-0.2, -0.15) is 0 Å². The lowest BCUT2D eigenvalue weighted by Crippen LogP contribution is -2.39. The van der Waals surface area contributed by atoms with E-state index in [-0.39, 0.29) is 35.9 Å². The monoisotopic (exact) mass is 890 g/mol. The fourth-order valence-corrected chi connectivity index (χ4v) is 10.6. The molecule has 0 unspecified atom stereocenters. The van der Waals surface area contributed by atoms with Gasteiger partial charge in [-0.15, -0.1) is 0 Å². The summed E-state index contributed by atoms with van der Waals surface area (Å²) in [5.41, 5.74) is 11.6. The first-order chi connectivity index (χ1) is 33.0. The lowest BCUT2D eigenvalue weighted by atomic mass is 9.86. The lowest BCUT2D eigenvalue weighted by Gasteiger charge is -2.35. The van der Waals surface area contributed by atoms with Gasteiger partial charge in [-0.1, -0.05) is 24.3 Å². The largest absolute Gasteiger partial charge is 0.381 e. The Morgan fingerprint density at radius 2 is 1.34 bits per heavy atom. The molecule has 0 atom stereocenters. The van der Waals surface area contributed by atoms with Crippen molar-refractivity contribution in [1.82, 2.24) is 29.9 Å². The van der Waals surface area contributed by atoms with E-state index in [1.54, 1.807) is 19.5 Å². The van der Waals surface area contributed by atoms with Crippen molar-refractivity contribution in [2.45, 2.75) is 76.7 Å². The van der Waals surface area contributed by atoms with Crippen LogP contribution in [0.4, 0.5) is 34.4 Å². The van der Waals surface area contributed by atoms with Gasteiger partial charge in [0.05, 0.1) is 59.1 Å². The Hall–Kier alpha value is -7.42. The fraction of sp³-hybridized carbons (Fsp3) is 0.283. The second-order valence-electron chi connectivity index (χ2n) is 18.2. The van der Waals surface area contributed by atoms with E-state index in [4.69, 9.17) is 19.5 Å². The first kappa shape index (κ1) is 41.0. The van der Waals surface area contributed by atoms with E-state index >= 15 is 0 Å². The number of hydrogen-bond donors (Lipinski definition) is 3. The maximum Gasteiger partial charge on any atom is 0.230 e. The van der Waals surface area contributed by atoms with Crippen LogP contribution in [0.3, 0.4) is 0 Å². The number of aromatic nitrogens is 6. The van der Waals surface area contributed by atoms with Gasteiger partial charge >= 0.3 is 0 Å². The quantitative estimate of drug-likeness (QED) is 0.141. The van der Waals surface area contributed by atoms with Gasteiger partial charge in [-0.3, -0.25) is 19.4 Å². The van der Waals surface area contributed by atoms with E-state index in [1.807, 2.05) is 94.2 Å². The molecule has 14 nitrogen and oxygen atoms in total. The minimum atomic E-state index is -0.219. The first-order valence-electron chi connectivity index (χ1n) is 23.4. The number of hydrogen-bond acceptors (Lipinski definition) is 10. The summed E-state index contributed by atoms with van der Waals surface area (Å²) in [5, 5.41) is 6.41. The van der Waals surface area contributed by atoms with E-state index in [2.05, 4.69) is 55.6 Å². The molecule has 4 aliphatic rings. The zero-order valence-corrected chi connectivity index (χ0v) is 37.2. The van der Waals surface area contributed by atoms with E-state index in [9.17, 15) is 9.59 Å². The number of aromatic amines is 2. The second-order valence-corrected chi connectivity index (χ2v) is 18.2. The third-order valence-corrected chi connectivity index (χ3v) is 14.3. The number of pyridine rings is 4. The van der Waals surface area contributed by atoms with Gasteiger partial charge in [0.1, 0.15) is 11.5 Å². The van der Waals surface area contributed by atoms with Crippen LogP contribution in [0.1, 0.15) is 62.5 Å². The van der Waals surface area contributed by atoms with Crippen LogP contribution in [-0.4, -0.2) is 61.0 Å². The van der Waals surface area contributed by atoms with E-state index < -0.39 is 0 Å². The molecule has 67 heavy (non-hydrogen) atoms. The number of rotatable bonds is 7. The molecule has 8 heterocycles. The second kappa shape index (κ2) is 17.1. The first-order valence-corrected chi connectivity index (χ1v) is 23.4. The third-order valence-electron chi connectivity index (χ3n) is 14.3. The van der Waals surface area contributed by atoms with Crippen molar-refractivity contribution in [1.29, 1.82) is 0 Å². The lowest BCUT2D eigenvalue weighted by molar-refractivity contribution is -0.125. The molecule has 0 saturated heterocycles. The highest BCUT2D eigenvalue weighted by Gasteiger charge is 2.38. The predicted molar refractivity (Wildman–Crippen MR) is 259 cm³/mol. The number of anilines is 6. The highest BCUT2D eigenvalue weighted by Crippen LogP contribution is 2.46. The molecule has 6 aromatic heterocycles. The average Bonchev–Trinajstić information content (AvgIpc) is 4.01. The standard InChI is InChI=1S/C53H50N10O4/c1-66-39-12-6-32(7-13-39)53(65)62-31-37-5-3-22-58-51(37)63(46-17-11-34(27-48(46)62)38-26-45-43(59-29-38)20-25-54-45)67-40-14-8-33(9-15-40)52(64)61-30-36-4-2-21-55-49(36)60-44-16-10-35(28-47(44)61)41-18-23-56-50-42(41)19-24-57-50/h2-5,10-11,16-29,32-33,39-40,54H,6-9,12-15,30-31H2,1H3,(H,55,60)(H,56,57)/t32-,33-,39-,40-. The summed E-state index contributed by atoms with van der Waals surface area (Å²) in [6, 6.07) is 28.5. The Labute approximate surface area is 387 Å². The summed E-state index contributed by atoms with van der Waals surface area (Å²) in [7, 11) is 1.76. The molecule has 2 aromatic carbocycles. The van der Waals surface area contributed by atoms with Crippen molar-refractivity contribution >= 4 is 68.3 Å². The summed E-state index contributed by atoms with van der Waals surface area (Å²) in [6.07, 6.45) is 16.9. The zero-order valence-electron chi connectivity index (χ0n) is 37.2. The number of benzene rings is 2. The van der Waals surface area contributed by atoms with Gasteiger partial charge in [0, 0.05) is 78.2 Å². The van der Waals surface area contributed by atoms with Crippen LogP contribution in [0.2, 0.25) is 0 Å². The summed E-state index contributed by atoms with van der Waals surface area (Å²) >= 11 is 0. The number of nitrogens with zero attached hydrogens (tertiary/aromatic N) is 7. The third kappa shape index (κ3) is 7.55. The Balaban J connectivity index is 0.844. The van der Waals surface area contributed by atoms with Crippen molar-refractivity contribution in [2.24, 2.45) is 11.8 Å². The molecule has 2 aliphatic carbocycles. The highest BCUT2D eigenvalue weighted by atomic mass is 16.7. The Morgan fingerprint density at radius 3 is 2.16 bits per heavy atom. The van der Waals surface area contributed by atoms with Crippen LogP contribution in [-0.2, 0) is 32.3 Å². The highest BCUT2D eigenvalue weighted by molar-refractivity contribution is 6.03. The number of carbonyl (C=O) groups excluding carboxylic acids is 2. The summed E-state index contributed by atoms with van der Waals surface area (Å²) in [5.74, 6) is 1.23. The van der Waals surface area contributed by atoms with Crippen molar-refractivity contribution in [3.05, 3.63) is 133 Å². The topological polar surface area (TPSA) is 157 Å². The molecule has 0 radical (unpaired) electrons. The number of amides is 2. The molecule has 8 aromatic rings. The van der Waals surface area contributed by atoms with E-state index in [0.29, 0.717) is 44.6 Å².